The molecule has 1 aromatic carbocycles. The lowest BCUT2D eigenvalue weighted by Crippen LogP contribution is -2.28. The molecular formula is C9H7BrClNO2. The Balaban J connectivity index is 2.96. The zero-order chi connectivity index (χ0) is 10.7. The molecule has 3 nitrogen and oxygen atoms in total. The molecule has 1 N–H and O–H groups in total. The van der Waals surface area contributed by atoms with E-state index >= 15 is 0 Å². The van der Waals surface area contributed by atoms with E-state index in [1.54, 1.807) is 18.2 Å². The van der Waals surface area contributed by atoms with Gasteiger partial charge in [0.05, 0.1) is 5.56 Å². The number of amides is 2. The van der Waals surface area contributed by atoms with Crippen LogP contribution in [0.5, 0.6) is 0 Å². The summed E-state index contributed by atoms with van der Waals surface area (Å²) in [6.07, 6.45) is 0. The second-order valence-electron chi connectivity index (χ2n) is 2.63. The highest BCUT2D eigenvalue weighted by Crippen LogP contribution is 2.21. The highest BCUT2D eigenvalue weighted by Gasteiger charge is 2.10. The number of nitrogens with one attached hydrogen (secondary N) is 1. The van der Waals surface area contributed by atoms with Gasteiger partial charge in [0.2, 0.25) is 5.91 Å². The Labute approximate surface area is 94.6 Å². The molecule has 2 amide bonds. The van der Waals surface area contributed by atoms with Gasteiger partial charge in [-0.3, -0.25) is 14.9 Å². The number of carbonyl (C=O) groups excluding carboxylic acids is 2. The Hall–Kier alpha value is -0.870. The minimum absolute atomic E-state index is 0.379. The number of rotatable bonds is 1. The molecule has 14 heavy (non-hydrogen) atoms. The maximum absolute atomic E-state index is 11.4. The molecule has 0 aromatic heterocycles. The van der Waals surface area contributed by atoms with Gasteiger partial charge in [-0.25, -0.2) is 0 Å². The van der Waals surface area contributed by atoms with Crippen LogP contribution in [0.15, 0.2) is 22.7 Å². The molecule has 0 aliphatic carbocycles. The monoisotopic (exact) mass is 275 g/mol. The van der Waals surface area contributed by atoms with Crippen molar-refractivity contribution in [2.45, 2.75) is 6.92 Å². The minimum Gasteiger partial charge on any atom is -0.293 e. The zero-order valence-electron chi connectivity index (χ0n) is 7.30. The molecule has 0 heterocycles. The van der Waals surface area contributed by atoms with Crippen LogP contribution >= 0.6 is 27.5 Å². The molecule has 0 atom stereocenters. The molecule has 0 radical (unpaired) electrons. The van der Waals surface area contributed by atoms with E-state index in [4.69, 9.17) is 11.6 Å². The van der Waals surface area contributed by atoms with E-state index in [1.807, 2.05) is 0 Å². The zero-order valence-corrected chi connectivity index (χ0v) is 9.65. The molecule has 0 fully saturated rings. The first kappa shape index (κ1) is 11.2. The normalized spacial score (nSPS) is 9.64. The van der Waals surface area contributed by atoms with Crippen molar-refractivity contribution in [1.29, 1.82) is 0 Å². The van der Waals surface area contributed by atoms with Crippen LogP contribution < -0.4 is 5.32 Å². The molecule has 74 valence electrons. The summed E-state index contributed by atoms with van der Waals surface area (Å²) in [5, 5.41) is 2.69. The summed E-state index contributed by atoms with van der Waals surface area (Å²) in [5.74, 6) is -0.835. The van der Waals surface area contributed by atoms with E-state index in [0.717, 1.165) is 0 Å². The van der Waals surface area contributed by atoms with E-state index in [9.17, 15) is 9.59 Å². The molecule has 0 saturated heterocycles. The van der Waals surface area contributed by atoms with Crippen molar-refractivity contribution < 1.29 is 9.59 Å². The maximum Gasteiger partial charge on any atom is 0.258 e. The fourth-order valence-electron chi connectivity index (χ4n) is 0.901. The summed E-state index contributed by atoms with van der Waals surface area (Å²) < 4.78 is 0.559. The Kier molecular flexibility index (Phi) is 3.66. The second kappa shape index (κ2) is 4.57. The summed E-state index contributed by atoms with van der Waals surface area (Å²) in [4.78, 5) is 22.0. The van der Waals surface area contributed by atoms with E-state index in [-0.39, 0.29) is 0 Å². The molecule has 0 aliphatic rings. The largest absolute Gasteiger partial charge is 0.293 e. The topological polar surface area (TPSA) is 46.2 Å². The lowest BCUT2D eigenvalue weighted by Gasteiger charge is -2.03. The average Bonchev–Trinajstić information content (AvgIpc) is 2.01. The fraction of sp³-hybridized carbons (Fsp3) is 0.111. The lowest BCUT2D eigenvalue weighted by molar-refractivity contribution is -0.118. The molecule has 1 rings (SSSR count). The van der Waals surface area contributed by atoms with Crippen LogP contribution in [-0.2, 0) is 4.79 Å². The van der Waals surface area contributed by atoms with Gasteiger partial charge in [0, 0.05) is 16.4 Å². The predicted molar refractivity (Wildman–Crippen MR) is 57.3 cm³/mol. The van der Waals surface area contributed by atoms with Crippen LogP contribution in [0, 0.1) is 0 Å². The molecular weight excluding hydrogens is 269 g/mol. The van der Waals surface area contributed by atoms with Crippen LogP contribution in [0.1, 0.15) is 17.3 Å². The van der Waals surface area contributed by atoms with Crippen molar-refractivity contribution >= 4 is 39.3 Å². The third-order valence-electron chi connectivity index (χ3n) is 1.47. The number of hydrogen-bond acceptors (Lipinski definition) is 2. The first-order valence-corrected chi connectivity index (χ1v) is 4.95. The Morgan fingerprint density at radius 2 is 2.07 bits per heavy atom. The molecule has 0 bridgehead atoms. The molecule has 0 spiro atoms. The van der Waals surface area contributed by atoms with Gasteiger partial charge in [0.15, 0.2) is 0 Å². The number of hydrogen-bond donors (Lipinski definition) is 1. The van der Waals surface area contributed by atoms with Gasteiger partial charge in [-0.1, -0.05) is 11.6 Å². The highest BCUT2D eigenvalue weighted by molar-refractivity contribution is 9.10. The van der Waals surface area contributed by atoms with Crippen molar-refractivity contribution in [2.24, 2.45) is 0 Å². The minimum atomic E-state index is -0.443. The third-order valence-corrected chi connectivity index (χ3v) is 2.36. The molecule has 1 aromatic rings. The van der Waals surface area contributed by atoms with Gasteiger partial charge in [-0.05, 0) is 34.1 Å². The lowest BCUT2D eigenvalue weighted by atomic mass is 10.2. The van der Waals surface area contributed by atoms with Crippen LogP contribution in [0.4, 0.5) is 0 Å². The van der Waals surface area contributed by atoms with E-state index in [1.165, 1.54) is 6.92 Å². The molecule has 0 saturated carbocycles. The molecule has 0 unspecified atom stereocenters. The number of benzene rings is 1. The van der Waals surface area contributed by atoms with Gasteiger partial charge < -0.3 is 0 Å². The van der Waals surface area contributed by atoms with E-state index in [2.05, 4.69) is 21.2 Å². The Bertz CT molecular complexity index is 392. The van der Waals surface area contributed by atoms with Crippen molar-refractivity contribution in [3.8, 4) is 0 Å². The third kappa shape index (κ3) is 2.82. The fourth-order valence-corrected chi connectivity index (χ4v) is 1.76. The predicted octanol–water partition coefficient (Wildman–Crippen LogP) is 2.38. The Morgan fingerprint density at radius 3 is 2.57 bits per heavy atom. The maximum atomic E-state index is 11.4. The number of carbonyl (C=O) groups is 2. The summed E-state index contributed by atoms with van der Waals surface area (Å²) in [6.45, 7) is 1.28. The van der Waals surface area contributed by atoms with Gasteiger partial charge >= 0.3 is 0 Å². The summed E-state index contributed by atoms with van der Waals surface area (Å²) in [7, 11) is 0. The summed E-state index contributed by atoms with van der Waals surface area (Å²) in [6, 6.07) is 4.72. The molecule has 0 aliphatic heterocycles. The Morgan fingerprint density at radius 1 is 1.43 bits per heavy atom. The van der Waals surface area contributed by atoms with E-state index in [0.29, 0.717) is 15.1 Å². The quantitative estimate of drug-likeness (QED) is 0.856. The van der Waals surface area contributed by atoms with Gasteiger partial charge in [-0.15, -0.1) is 0 Å². The van der Waals surface area contributed by atoms with Gasteiger partial charge in [0.1, 0.15) is 0 Å². The first-order chi connectivity index (χ1) is 6.50. The summed E-state index contributed by atoms with van der Waals surface area (Å²) >= 11 is 8.88. The van der Waals surface area contributed by atoms with E-state index < -0.39 is 11.8 Å². The van der Waals surface area contributed by atoms with Crippen LogP contribution in [-0.4, -0.2) is 11.8 Å². The second-order valence-corrected chi connectivity index (χ2v) is 3.93. The standard InChI is InChI=1S/C9H7BrClNO2/c1-5(13)12-9(14)7-3-2-6(11)4-8(7)10/h2-4H,1H3,(H,12,13,14). The van der Waals surface area contributed by atoms with Crippen LogP contribution in [0.3, 0.4) is 0 Å². The smallest absolute Gasteiger partial charge is 0.258 e. The van der Waals surface area contributed by atoms with Crippen LogP contribution in [0.2, 0.25) is 5.02 Å². The highest BCUT2D eigenvalue weighted by atomic mass is 79.9. The SMILES string of the molecule is CC(=O)NC(=O)c1ccc(Cl)cc1Br. The van der Waals surface area contributed by atoms with Gasteiger partial charge in [-0.2, -0.15) is 0 Å². The van der Waals surface area contributed by atoms with Crippen LogP contribution in [0.25, 0.3) is 0 Å². The van der Waals surface area contributed by atoms with Crippen molar-refractivity contribution in [1.82, 2.24) is 5.32 Å². The number of halogens is 2. The summed E-state index contributed by atoms with van der Waals surface area (Å²) in [5.41, 5.74) is 0.379. The van der Waals surface area contributed by atoms with Crippen molar-refractivity contribution in [2.75, 3.05) is 0 Å². The average molecular weight is 277 g/mol. The number of imide groups is 1. The van der Waals surface area contributed by atoms with Crippen molar-refractivity contribution in [3.63, 3.8) is 0 Å². The molecule has 5 heteroatoms. The van der Waals surface area contributed by atoms with Crippen molar-refractivity contribution in [3.05, 3.63) is 33.3 Å². The first-order valence-electron chi connectivity index (χ1n) is 3.77. The van der Waals surface area contributed by atoms with Gasteiger partial charge in [0.25, 0.3) is 5.91 Å².